The van der Waals surface area contributed by atoms with Gasteiger partial charge in [0.1, 0.15) is 0 Å². The smallest absolute Gasteiger partial charge is 0.374 e. The van der Waals surface area contributed by atoms with Crippen LogP contribution in [0.1, 0.15) is 37.7 Å². The van der Waals surface area contributed by atoms with Crippen LogP contribution in [0.25, 0.3) is 0 Å². The number of benzene rings is 1. The lowest BCUT2D eigenvalue weighted by Gasteiger charge is -2.20. The summed E-state index contributed by atoms with van der Waals surface area (Å²) in [6, 6.07) is 0.543. The van der Waals surface area contributed by atoms with E-state index in [2.05, 4.69) is 5.32 Å². The minimum Gasteiger partial charge on any atom is -0.374 e. The fourth-order valence-electron chi connectivity index (χ4n) is 3.00. The predicted octanol–water partition coefficient (Wildman–Crippen LogP) is 3.73. The lowest BCUT2D eigenvalue weighted by Crippen LogP contribution is -2.32. The van der Waals surface area contributed by atoms with E-state index < -0.39 is 38.6 Å². The summed E-state index contributed by atoms with van der Waals surface area (Å²) in [5, 5.41) is 24.8. The Bertz CT molecular complexity index is 734. The van der Waals surface area contributed by atoms with Crippen molar-refractivity contribution in [2.45, 2.75) is 38.3 Å². The molecule has 1 aromatic rings. The molecule has 0 aliphatic carbocycles. The van der Waals surface area contributed by atoms with Crippen molar-refractivity contribution in [3.05, 3.63) is 37.9 Å². The maximum Gasteiger partial charge on any atom is 0.416 e. The molecule has 154 valence electrons. The van der Waals surface area contributed by atoms with Gasteiger partial charge in [0.05, 0.1) is 15.4 Å². The Labute approximate surface area is 157 Å². The molecule has 0 saturated carbocycles. The molecule has 1 aliphatic rings. The Morgan fingerprint density at radius 3 is 2.21 bits per heavy atom. The average molecular weight is 404 g/mol. The van der Waals surface area contributed by atoms with Crippen molar-refractivity contribution >= 4 is 23.0 Å². The number of rotatable bonds is 7. The number of nitrogens with zero attached hydrogens (tertiary/aromatic N) is 3. The zero-order valence-corrected chi connectivity index (χ0v) is 14.8. The SMILES string of the molecule is O=C1CCCCCN1CCCNc1c([N+](=O)[O-])cc(C(F)(F)F)cc1[N+](=O)[O-]. The molecule has 1 heterocycles. The first kappa shape index (κ1) is 21.4. The van der Waals surface area contributed by atoms with E-state index in [1.54, 1.807) is 4.90 Å². The normalized spacial score (nSPS) is 15.2. The van der Waals surface area contributed by atoms with E-state index in [-0.39, 0.29) is 24.6 Å². The second kappa shape index (κ2) is 8.85. The molecule has 28 heavy (non-hydrogen) atoms. The minimum atomic E-state index is -4.96. The van der Waals surface area contributed by atoms with Gasteiger partial charge in [-0.05, 0) is 19.3 Å². The molecule has 0 atom stereocenters. The number of carbonyl (C=O) groups excluding carboxylic acids is 1. The number of likely N-dealkylation sites (tertiary alicyclic amines) is 1. The average Bonchev–Trinajstić information content (AvgIpc) is 2.81. The van der Waals surface area contributed by atoms with Gasteiger partial charge in [0.25, 0.3) is 11.4 Å². The molecular formula is C16H19F3N4O5. The number of nitro groups is 2. The van der Waals surface area contributed by atoms with Gasteiger partial charge in [0.2, 0.25) is 5.91 Å². The zero-order valence-electron chi connectivity index (χ0n) is 14.8. The molecule has 1 amide bonds. The second-order valence-electron chi connectivity index (χ2n) is 6.37. The summed E-state index contributed by atoms with van der Waals surface area (Å²) in [7, 11) is 0. The predicted molar refractivity (Wildman–Crippen MR) is 92.9 cm³/mol. The highest BCUT2D eigenvalue weighted by atomic mass is 19.4. The van der Waals surface area contributed by atoms with E-state index in [9.17, 15) is 38.2 Å². The number of nitrogens with one attached hydrogen (secondary N) is 1. The molecule has 1 fully saturated rings. The van der Waals surface area contributed by atoms with Crippen LogP contribution in [-0.2, 0) is 11.0 Å². The Morgan fingerprint density at radius 1 is 1.07 bits per heavy atom. The van der Waals surface area contributed by atoms with Gasteiger partial charge in [-0.3, -0.25) is 25.0 Å². The number of nitro benzene ring substituents is 2. The molecule has 1 N–H and O–H groups in total. The summed E-state index contributed by atoms with van der Waals surface area (Å²) < 4.78 is 38.7. The van der Waals surface area contributed by atoms with Crippen LogP contribution < -0.4 is 5.32 Å². The summed E-state index contributed by atoms with van der Waals surface area (Å²) in [6.45, 7) is 0.976. The van der Waals surface area contributed by atoms with Crippen LogP contribution >= 0.6 is 0 Å². The second-order valence-corrected chi connectivity index (χ2v) is 6.37. The monoisotopic (exact) mass is 404 g/mol. The van der Waals surface area contributed by atoms with Crippen molar-refractivity contribution in [1.29, 1.82) is 0 Å². The van der Waals surface area contributed by atoms with Crippen LogP contribution in [0.15, 0.2) is 12.1 Å². The third kappa shape index (κ3) is 5.30. The van der Waals surface area contributed by atoms with Crippen LogP contribution in [0.4, 0.5) is 30.2 Å². The van der Waals surface area contributed by atoms with Crippen LogP contribution in [0.2, 0.25) is 0 Å². The van der Waals surface area contributed by atoms with E-state index >= 15 is 0 Å². The number of alkyl halides is 3. The third-order valence-corrected chi connectivity index (χ3v) is 4.40. The van der Waals surface area contributed by atoms with E-state index in [0.717, 1.165) is 19.3 Å². The highest BCUT2D eigenvalue weighted by Gasteiger charge is 2.37. The van der Waals surface area contributed by atoms with Crippen LogP contribution in [0.5, 0.6) is 0 Å². The van der Waals surface area contributed by atoms with E-state index in [0.29, 0.717) is 25.9 Å². The molecular weight excluding hydrogens is 385 g/mol. The quantitative estimate of drug-likeness (QED) is 0.420. The van der Waals surface area contributed by atoms with Crippen molar-refractivity contribution in [2.75, 3.05) is 25.0 Å². The number of carbonyl (C=O) groups is 1. The zero-order chi connectivity index (χ0) is 20.9. The van der Waals surface area contributed by atoms with Crippen LogP contribution in [-0.4, -0.2) is 40.3 Å². The van der Waals surface area contributed by atoms with Gasteiger partial charge < -0.3 is 10.2 Å². The van der Waals surface area contributed by atoms with Gasteiger partial charge in [-0.1, -0.05) is 6.42 Å². The van der Waals surface area contributed by atoms with Crippen molar-refractivity contribution in [3.63, 3.8) is 0 Å². The Morgan fingerprint density at radius 2 is 1.68 bits per heavy atom. The van der Waals surface area contributed by atoms with Gasteiger partial charge >= 0.3 is 6.18 Å². The maximum absolute atomic E-state index is 12.9. The van der Waals surface area contributed by atoms with Gasteiger partial charge in [-0.2, -0.15) is 13.2 Å². The van der Waals surface area contributed by atoms with Crippen LogP contribution in [0.3, 0.4) is 0 Å². The molecule has 1 aliphatic heterocycles. The Kier molecular flexibility index (Phi) is 6.75. The first-order valence-corrected chi connectivity index (χ1v) is 8.67. The van der Waals surface area contributed by atoms with Crippen molar-refractivity contribution in [1.82, 2.24) is 4.90 Å². The molecule has 0 aromatic heterocycles. The molecule has 0 radical (unpaired) electrons. The highest BCUT2D eigenvalue weighted by molar-refractivity contribution is 5.76. The molecule has 1 saturated heterocycles. The van der Waals surface area contributed by atoms with Gasteiger partial charge in [-0.15, -0.1) is 0 Å². The van der Waals surface area contributed by atoms with Crippen LogP contribution in [0, 0.1) is 20.2 Å². The maximum atomic E-state index is 12.9. The number of hydrogen-bond donors (Lipinski definition) is 1. The number of halogens is 3. The van der Waals surface area contributed by atoms with Gasteiger partial charge in [-0.25, -0.2) is 0 Å². The molecule has 1 aromatic carbocycles. The molecule has 12 heteroatoms. The molecule has 0 bridgehead atoms. The fourth-order valence-corrected chi connectivity index (χ4v) is 3.00. The Balaban J connectivity index is 2.16. The van der Waals surface area contributed by atoms with E-state index in [1.807, 2.05) is 0 Å². The lowest BCUT2D eigenvalue weighted by atomic mass is 10.1. The van der Waals surface area contributed by atoms with E-state index in [1.165, 1.54) is 0 Å². The first-order chi connectivity index (χ1) is 13.1. The summed E-state index contributed by atoms with van der Waals surface area (Å²) in [4.78, 5) is 33.7. The molecule has 0 spiro atoms. The number of anilines is 1. The Hall–Kier alpha value is -2.92. The van der Waals surface area contributed by atoms with Crippen molar-refractivity contribution < 1.29 is 27.8 Å². The fraction of sp³-hybridized carbons (Fsp3) is 0.562. The minimum absolute atomic E-state index is 0.00370. The number of amides is 1. The summed E-state index contributed by atoms with van der Waals surface area (Å²) in [5.74, 6) is 0.00370. The summed E-state index contributed by atoms with van der Waals surface area (Å²) in [6.07, 6.45) is -1.54. The molecule has 9 nitrogen and oxygen atoms in total. The van der Waals surface area contributed by atoms with Crippen molar-refractivity contribution in [2.24, 2.45) is 0 Å². The summed E-state index contributed by atoms with van der Waals surface area (Å²) >= 11 is 0. The largest absolute Gasteiger partial charge is 0.416 e. The van der Waals surface area contributed by atoms with Gasteiger partial charge in [0, 0.05) is 38.2 Å². The third-order valence-electron chi connectivity index (χ3n) is 4.40. The summed E-state index contributed by atoms with van der Waals surface area (Å²) in [5.41, 5.74) is -4.09. The highest BCUT2D eigenvalue weighted by Crippen LogP contribution is 2.41. The molecule has 0 unspecified atom stereocenters. The molecule has 2 rings (SSSR count). The first-order valence-electron chi connectivity index (χ1n) is 8.67. The topological polar surface area (TPSA) is 119 Å². The van der Waals surface area contributed by atoms with Crippen molar-refractivity contribution in [3.8, 4) is 0 Å². The standard InChI is InChI=1S/C16H19F3N4O5/c17-16(18,19)11-9-12(22(25)26)15(13(10-11)23(27)28)20-6-4-8-21-7-3-1-2-5-14(21)24/h9-10,20H,1-8H2. The van der Waals surface area contributed by atoms with Gasteiger partial charge in [0.15, 0.2) is 5.69 Å². The van der Waals surface area contributed by atoms with E-state index in [4.69, 9.17) is 0 Å². The lowest BCUT2D eigenvalue weighted by molar-refractivity contribution is -0.392. The number of hydrogen-bond acceptors (Lipinski definition) is 6.